The Labute approximate surface area is 277 Å². The van der Waals surface area contributed by atoms with Gasteiger partial charge in [0, 0.05) is 0 Å². The molecule has 0 spiro atoms. The Bertz CT molecular complexity index is 991. The second-order valence-corrected chi connectivity index (χ2v) is 31.7. The molecule has 2 aromatic rings. The average Bonchev–Trinajstić information content (AvgIpc) is 3.02. The van der Waals surface area contributed by atoms with Gasteiger partial charge in [-0.15, -0.1) is 0 Å². The van der Waals surface area contributed by atoms with Gasteiger partial charge in [0.25, 0.3) is 0 Å². The van der Waals surface area contributed by atoms with E-state index in [0.29, 0.717) is 13.0 Å². The van der Waals surface area contributed by atoms with Gasteiger partial charge in [-0.05, 0) is 0 Å². The number of aliphatic hydroxyl groups excluding tert-OH is 1. The Morgan fingerprint density at radius 1 is 0.795 bits per heavy atom. The summed E-state index contributed by atoms with van der Waals surface area (Å²) in [5.41, 5.74) is 0. The van der Waals surface area contributed by atoms with E-state index in [1.807, 2.05) is 0 Å². The van der Waals surface area contributed by atoms with Gasteiger partial charge < -0.3 is 0 Å². The standard InChI is InChI=1S/C27H39O3Si.3C4H9.Sn/c1-8-15-25(28)22(3)26(29-7)21(2)20-30-31(27(4,5)6,23-16-11-9-12-17-23)24-18-13-10-14-19-24;3*1-3-4-2;/h1,8-14,16-19,21-22,25-26,28H,15,20H2,2-7H3;3*1,3-4H2,2H3;/t21-,22+,25-,26-;;;;/m1..../s1. The van der Waals surface area contributed by atoms with Crippen LogP contribution in [0.2, 0.25) is 18.3 Å². The first-order chi connectivity index (χ1) is 21.0. The minimum atomic E-state index is -2.63. The first-order valence-electron chi connectivity index (χ1n) is 17.6. The van der Waals surface area contributed by atoms with E-state index in [4.69, 9.17) is 9.16 Å². The van der Waals surface area contributed by atoms with Gasteiger partial charge in [0.05, 0.1) is 0 Å². The molecule has 0 aliphatic rings. The Kier molecular flexibility index (Phi) is 17.5. The first kappa shape index (κ1) is 39.3. The van der Waals surface area contributed by atoms with Crippen molar-refractivity contribution in [3.8, 4) is 0 Å². The van der Waals surface area contributed by atoms with Crippen LogP contribution in [-0.4, -0.2) is 57.7 Å². The second-order valence-electron chi connectivity index (χ2n) is 14.4. The number of methoxy groups -OCH3 is 1. The van der Waals surface area contributed by atoms with E-state index in [-0.39, 0.29) is 23.0 Å². The van der Waals surface area contributed by atoms with Gasteiger partial charge in [-0.2, -0.15) is 0 Å². The van der Waals surface area contributed by atoms with Crippen molar-refractivity contribution in [1.29, 1.82) is 0 Å². The van der Waals surface area contributed by atoms with Crippen molar-refractivity contribution in [2.75, 3.05) is 13.7 Å². The molecule has 44 heavy (non-hydrogen) atoms. The van der Waals surface area contributed by atoms with Crippen LogP contribution in [0.3, 0.4) is 0 Å². The zero-order valence-corrected chi connectivity index (χ0v) is 33.6. The fraction of sp³-hybridized carbons (Fsp3) is 0.641. The molecule has 0 bridgehead atoms. The summed E-state index contributed by atoms with van der Waals surface area (Å²) in [5, 5.41) is 14.0. The normalized spacial score (nSPS) is 15.8. The van der Waals surface area contributed by atoms with Crippen molar-refractivity contribution >= 4 is 37.1 Å². The van der Waals surface area contributed by atoms with Crippen LogP contribution in [-0.2, 0) is 9.16 Å². The molecule has 0 radical (unpaired) electrons. The third-order valence-corrected chi connectivity index (χ3v) is 29.1. The van der Waals surface area contributed by atoms with Crippen LogP contribution in [0, 0.1) is 11.8 Å². The summed E-state index contributed by atoms with van der Waals surface area (Å²) in [5.74, 6) is 0.140. The first-order valence-corrected chi connectivity index (χ1v) is 27.3. The van der Waals surface area contributed by atoms with Crippen molar-refractivity contribution in [3.05, 3.63) is 70.8 Å². The van der Waals surface area contributed by atoms with Crippen LogP contribution in [0.15, 0.2) is 70.8 Å². The molecule has 5 heteroatoms. The van der Waals surface area contributed by atoms with Gasteiger partial charge in [-0.1, -0.05) is 36.4 Å². The maximum atomic E-state index is 11.5. The average molecular weight is 730 g/mol. The van der Waals surface area contributed by atoms with Crippen molar-refractivity contribution in [2.45, 2.75) is 131 Å². The molecule has 0 aliphatic heterocycles. The molecule has 0 aliphatic carbocycles. The number of hydrogen-bond acceptors (Lipinski definition) is 3. The molecule has 0 unspecified atom stereocenters. The minimum absolute atomic E-state index is 0.00827. The van der Waals surface area contributed by atoms with Crippen LogP contribution in [0.25, 0.3) is 0 Å². The van der Waals surface area contributed by atoms with E-state index >= 15 is 0 Å². The zero-order valence-electron chi connectivity index (χ0n) is 29.8. The third kappa shape index (κ3) is 10.8. The monoisotopic (exact) mass is 730 g/mol. The summed E-state index contributed by atoms with van der Waals surface area (Å²) >= 11 is -2.36. The number of aliphatic hydroxyl groups is 1. The van der Waals surface area contributed by atoms with E-state index in [0.717, 1.165) is 0 Å². The van der Waals surface area contributed by atoms with Crippen LogP contribution in [0.1, 0.15) is 100 Å². The number of ether oxygens (including phenoxy) is 1. The molecule has 0 heterocycles. The molecule has 1 N–H and O–H groups in total. The Morgan fingerprint density at radius 3 is 1.64 bits per heavy atom. The molecule has 3 nitrogen and oxygen atoms in total. The van der Waals surface area contributed by atoms with Crippen molar-refractivity contribution in [1.82, 2.24) is 0 Å². The van der Waals surface area contributed by atoms with Gasteiger partial charge >= 0.3 is 242 Å². The molecule has 248 valence electrons. The molecule has 0 aromatic heterocycles. The van der Waals surface area contributed by atoms with E-state index in [1.54, 1.807) is 7.11 Å². The van der Waals surface area contributed by atoms with Crippen LogP contribution >= 0.6 is 0 Å². The molecule has 2 rings (SSSR count). The molecule has 4 atom stereocenters. The summed E-state index contributed by atoms with van der Waals surface area (Å²) in [7, 11) is -0.834. The summed E-state index contributed by atoms with van der Waals surface area (Å²) < 4.78 is 20.5. The van der Waals surface area contributed by atoms with Gasteiger partial charge in [0.15, 0.2) is 0 Å². The van der Waals surface area contributed by atoms with E-state index in [9.17, 15) is 5.11 Å². The van der Waals surface area contributed by atoms with Crippen LogP contribution in [0.4, 0.5) is 0 Å². The van der Waals surface area contributed by atoms with Gasteiger partial charge in [0.1, 0.15) is 0 Å². The predicted octanol–water partition coefficient (Wildman–Crippen LogP) is 9.55. The van der Waals surface area contributed by atoms with E-state index in [1.165, 1.54) is 62.2 Å². The molecule has 0 fully saturated rings. The number of benzene rings is 2. The number of unbranched alkanes of at least 4 members (excludes halogenated alkanes) is 3. The number of hydrogen-bond donors (Lipinski definition) is 1. The fourth-order valence-corrected chi connectivity index (χ4v) is 26.3. The summed E-state index contributed by atoms with van der Waals surface area (Å²) in [6, 6.07) is 21.7. The zero-order chi connectivity index (χ0) is 32.6. The Balaban J connectivity index is 2.24. The molecular formula is C39H66O3SiSn. The van der Waals surface area contributed by atoms with Gasteiger partial charge in [0.2, 0.25) is 0 Å². The second kappa shape index (κ2) is 19.7. The molecule has 0 amide bonds. The SMILES string of the molecule is CCC[CH2][Sn](/[CH]=C/C[C@@H](O)[C@H](C)[C@H](OC)[C@H](C)CO[Si](c1ccccc1)(c1ccccc1)C(C)(C)C)([CH2]CCC)[CH2]CCC. The van der Waals surface area contributed by atoms with Crippen molar-refractivity contribution in [3.63, 3.8) is 0 Å². The molecule has 0 saturated carbocycles. The van der Waals surface area contributed by atoms with Crippen LogP contribution < -0.4 is 10.4 Å². The van der Waals surface area contributed by atoms with Gasteiger partial charge in [-0.25, -0.2) is 0 Å². The number of rotatable bonds is 21. The fourth-order valence-electron chi connectivity index (χ4n) is 7.18. The quantitative estimate of drug-likeness (QED) is 0.130. The molecular weight excluding hydrogens is 663 g/mol. The Hall–Kier alpha value is -0.924. The predicted molar refractivity (Wildman–Crippen MR) is 197 cm³/mol. The summed E-state index contributed by atoms with van der Waals surface area (Å²) in [4.78, 5) is 0. The summed E-state index contributed by atoms with van der Waals surface area (Å²) in [6.07, 6.45) is 10.5. The van der Waals surface area contributed by atoms with Crippen LogP contribution in [0.5, 0.6) is 0 Å². The Morgan fingerprint density at radius 2 is 1.25 bits per heavy atom. The topological polar surface area (TPSA) is 38.7 Å². The van der Waals surface area contributed by atoms with E-state index < -0.39 is 32.8 Å². The van der Waals surface area contributed by atoms with Gasteiger partial charge in [-0.3, -0.25) is 0 Å². The van der Waals surface area contributed by atoms with Crippen molar-refractivity contribution < 1.29 is 14.3 Å². The third-order valence-electron chi connectivity index (χ3n) is 9.87. The van der Waals surface area contributed by atoms with E-state index in [2.05, 4.69) is 126 Å². The molecule has 0 saturated heterocycles. The summed E-state index contributed by atoms with van der Waals surface area (Å²) in [6.45, 7) is 18.9. The molecule has 2 aromatic carbocycles. The maximum absolute atomic E-state index is 11.5. The van der Waals surface area contributed by atoms with Crippen molar-refractivity contribution in [2.24, 2.45) is 11.8 Å².